The molecule has 0 atom stereocenters. The van der Waals surface area contributed by atoms with Gasteiger partial charge in [-0.2, -0.15) is 0 Å². The zero-order valence-corrected chi connectivity index (χ0v) is 10.7. The van der Waals surface area contributed by atoms with E-state index in [0.717, 1.165) is 0 Å². The van der Waals surface area contributed by atoms with Crippen LogP contribution in [0.2, 0.25) is 0 Å². The molecule has 0 aromatic heterocycles. The second-order valence-electron chi connectivity index (χ2n) is 0. The van der Waals surface area contributed by atoms with Crippen molar-refractivity contribution in [2.45, 2.75) is 0 Å². The maximum atomic E-state index is 0. The third-order valence-electron chi connectivity index (χ3n) is 0. The minimum absolute atomic E-state index is 0. The van der Waals surface area contributed by atoms with Gasteiger partial charge in [0.05, 0.1) is 0 Å². The van der Waals surface area contributed by atoms with Crippen molar-refractivity contribution in [1.82, 2.24) is 0 Å². The fourth-order valence-corrected chi connectivity index (χ4v) is 0. The molecule has 0 bridgehead atoms. The van der Waals surface area contributed by atoms with Crippen LogP contribution in [0.5, 0.6) is 0 Å². The summed E-state index contributed by atoms with van der Waals surface area (Å²) in [5.41, 5.74) is 0. The molecule has 29 valence electrons. The predicted molar refractivity (Wildman–Crippen MR) is 18.5 cm³/mol. The Hall–Kier alpha value is 3.14. The molecular formula is H5AlCrMoSnV. The quantitative estimate of drug-likeness (QED) is 0.439. The van der Waals surface area contributed by atoms with Gasteiger partial charge in [0.25, 0.3) is 0 Å². The standard InChI is InChI=1S/Al.Cr.Mo.Sn.V.5H. The maximum absolute atomic E-state index is 0. The van der Waals surface area contributed by atoms with Crippen LogP contribution in [0.4, 0.5) is 0 Å². The van der Waals surface area contributed by atoms with Gasteiger partial charge in [0.15, 0.2) is 17.4 Å². The minimum atomic E-state index is 0. The van der Waals surface area contributed by atoms with Gasteiger partial charge in [-0.1, -0.05) is 0 Å². The van der Waals surface area contributed by atoms with Crippen molar-refractivity contribution in [2.24, 2.45) is 0 Å². The predicted octanol–water partition coefficient (Wildman–Crippen LogP) is -2.11. The van der Waals surface area contributed by atoms with Crippen molar-refractivity contribution in [3.63, 3.8) is 0 Å². The van der Waals surface area contributed by atoms with Gasteiger partial charge < -0.3 is 0 Å². The van der Waals surface area contributed by atoms with E-state index in [1.807, 2.05) is 0 Å². The molecule has 0 aromatic carbocycles. The Morgan fingerprint density at radius 3 is 1.00 bits per heavy atom. The fraction of sp³-hybridized carbons (Fsp3) is 0. The van der Waals surface area contributed by atoms with Crippen LogP contribution in [-0.2, 0) is 57.0 Å². The Morgan fingerprint density at radius 1 is 1.00 bits per heavy atom. The van der Waals surface area contributed by atoms with Crippen LogP contribution < -0.4 is 0 Å². The summed E-state index contributed by atoms with van der Waals surface area (Å²) >= 11 is 0. The van der Waals surface area contributed by atoms with Crippen molar-refractivity contribution < 1.29 is 57.0 Å². The molecule has 5 heteroatoms. The number of hydrogen-bond acceptors (Lipinski definition) is 0. The van der Waals surface area contributed by atoms with Crippen LogP contribution in [0.3, 0.4) is 0 Å². The van der Waals surface area contributed by atoms with Gasteiger partial charge in [-0.15, -0.1) is 0 Å². The molecule has 0 aromatic rings. The van der Waals surface area contributed by atoms with E-state index >= 15 is 0 Å². The molecule has 0 heterocycles. The Balaban J connectivity index is 0. The summed E-state index contributed by atoms with van der Waals surface area (Å²) in [4.78, 5) is 0. The fourth-order valence-electron chi connectivity index (χ4n) is 0. The smallest absolute Gasteiger partial charge is 0 e. The van der Waals surface area contributed by atoms with Gasteiger partial charge in [0.1, 0.15) is 0 Å². The molecule has 0 saturated carbocycles. The number of rotatable bonds is 0. The van der Waals surface area contributed by atoms with Gasteiger partial charge >= 0.3 is 23.9 Å². The summed E-state index contributed by atoms with van der Waals surface area (Å²) in [6.07, 6.45) is 0. The molecule has 0 aliphatic carbocycles. The first-order valence-electron chi connectivity index (χ1n) is 0. The summed E-state index contributed by atoms with van der Waals surface area (Å²) in [5.74, 6) is 0. The van der Waals surface area contributed by atoms with Crippen LogP contribution >= 0.6 is 0 Å². The molecule has 5 heavy (non-hydrogen) atoms. The zero-order chi connectivity index (χ0) is 0. The van der Waals surface area contributed by atoms with Gasteiger partial charge in [-0.3, -0.25) is 0 Å². The average Bonchev–Trinajstić information content (AvgIpc) is 0. The van der Waals surface area contributed by atoms with E-state index in [-0.39, 0.29) is 98.3 Å². The Bertz CT molecular complexity index is 11.6. The van der Waals surface area contributed by atoms with Gasteiger partial charge in [0.2, 0.25) is 0 Å². The van der Waals surface area contributed by atoms with Crippen molar-refractivity contribution in [3.8, 4) is 0 Å². The normalized spacial score (nSPS) is 0. The summed E-state index contributed by atoms with van der Waals surface area (Å²) < 4.78 is 0. The van der Waals surface area contributed by atoms with Gasteiger partial charge in [-0.25, -0.2) is 0 Å². The van der Waals surface area contributed by atoms with Crippen molar-refractivity contribution >= 4 is 41.3 Å². The Morgan fingerprint density at radius 2 is 1.00 bits per heavy atom. The molecule has 0 rings (SSSR count). The Kier molecular flexibility index (Phi) is 230. The third kappa shape index (κ3) is 19.1. The van der Waals surface area contributed by atoms with Crippen molar-refractivity contribution in [3.05, 3.63) is 0 Å². The molecule has 0 saturated heterocycles. The molecule has 0 N–H and O–H groups in total. The molecule has 0 spiro atoms. The molecule has 0 unspecified atom stereocenters. The number of hydrogen-bond donors (Lipinski definition) is 0. The van der Waals surface area contributed by atoms with Crippen LogP contribution in [0, 0.1) is 0 Å². The van der Waals surface area contributed by atoms with Crippen molar-refractivity contribution in [1.29, 1.82) is 0 Å². The Labute approximate surface area is 96.6 Å². The topological polar surface area (TPSA) is 0 Å². The third-order valence-corrected chi connectivity index (χ3v) is 0. The molecule has 0 fully saturated rings. The average molecular weight is 350 g/mol. The van der Waals surface area contributed by atoms with E-state index in [1.165, 1.54) is 0 Å². The van der Waals surface area contributed by atoms with E-state index in [2.05, 4.69) is 0 Å². The molecule has 0 aliphatic heterocycles. The first-order valence-corrected chi connectivity index (χ1v) is 0. The second kappa shape index (κ2) is 27.3. The van der Waals surface area contributed by atoms with Crippen molar-refractivity contribution in [2.75, 3.05) is 0 Å². The summed E-state index contributed by atoms with van der Waals surface area (Å²) in [7, 11) is 0. The van der Waals surface area contributed by atoms with Gasteiger partial charge in [0, 0.05) is 57.0 Å². The van der Waals surface area contributed by atoms with Crippen LogP contribution in [0.15, 0.2) is 0 Å². The van der Waals surface area contributed by atoms with E-state index in [0.29, 0.717) is 0 Å². The van der Waals surface area contributed by atoms with Crippen LogP contribution in [0.1, 0.15) is 0 Å². The summed E-state index contributed by atoms with van der Waals surface area (Å²) in [6.45, 7) is 0. The second-order valence-corrected chi connectivity index (χ2v) is 0. The molecular weight excluding hydrogens is 345 g/mol. The minimum Gasteiger partial charge on any atom is 0 e. The zero-order valence-electron chi connectivity index (χ0n) is 1.97. The maximum Gasteiger partial charge on any atom is 0 e. The molecule has 0 amide bonds. The van der Waals surface area contributed by atoms with Crippen LogP contribution in [-0.4, -0.2) is 41.3 Å². The van der Waals surface area contributed by atoms with E-state index in [1.54, 1.807) is 0 Å². The molecule has 0 aliphatic rings. The van der Waals surface area contributed by atoms with Gasteiger partial charge in [-0.05, 0) is 0 Å². The van der Waals surface area contributed by atoms with E-state index in [9.17, 15) is 0 Å². The van der Waals surface area contributed by atoms with Crippen LogP contribution in [0.25, 0.3) is 0 Å². The summed E-state index contributed by atoms with van der Waals surface area (Å²) in [6, 6.07) is 0. The molecule has 3 radical (unpaired) electrons. The molecule has 0 nitrogen and oxygen atoms in total. The van der Waals surface area contributed by atoms with E-state index in [4.69, 9.17) is 0 Å². The van der Waals surface area contributed by atoms with E-state index < -0.39 is 0 Å². The first-order chi connectivity index (χ1) is 0. The SMILES string of the molecule is [AlH3].[Cr].[Mo].[SnH2].[V]. The monoisotopic (exact) mass is 353 g/mol. The largest absolute Gasteiger partial charge is 0 e. The first kappa shape index (κ1) is 42.1. The summed E-state index contributed by atoms with van der Waals surface area (Å²) in [5, 5.41) is 0.